The Morgan fingerprint density at radius 3 is 1.38 bits per heavy atom. The number of hydrogen-bond donors (Lipinski definition) is 0. The first-order chi connectivity index (χ1) is 31.1. The molecule has 0 aliphatic heterocycles. The molecule has 0 spiro atoms. The molecule has 12 rings (SSSR count). The molecule has 0 fully saturated rings. The number of allylic oxidation sites excluding steroid dienone is 1. The summed E-state index contributed by atoms with van der Waals surface area (Å²) in [5.74, 6) is 0. The number of rotatable bonds is 6. The SMILES string of the molecule is C=C(/C=c1\c(=C/C)c2ccccc2c2ccccc12)c1cccc(-n2c3ccccc3c3cc(-c4ccc5c(c4)c4ccccc4n5-c4cccc(-c5ccccc5)c4)ccc32)c1. The van der Waals surface area contributed by atoms with Crippen molar-refractivity contribution >= 4 is 82.9 Å². The van der Waals surface area contributed by atoms with E-state index in [1.807, 2.05) is 0 Å². The molecule has 296 valence electrons. The Labute approximate surface area is 365 Å². The van der Waals surface area contributed by atoms with Gasteiger partial charge in [0.25, 0.3) is 0 Å². The molecule has 2 nitrogen and oxygen atoms in total. The first-order valence-corrected chi connectivity index (χ1v) is 21.7. The van der Waals surface area contributed by atoms with Crippen LogP contribution in [0.2, 0.25) is 0 Å². The van der Waals surface area contributed by atoms with E-state index >= 15 is 0 Å². The van der Waals surface area contributed by atoms with Crippen LogP contribution in [0.25, 0.3) is 117 Å². The summed E-state index contributed by atoms with van der Waals surface area (Å²) in [6.07, 6.45) is 4.51. The van der Waals surface area contributed by atoms with Gasteiger partial charge in [-0.05, 0) is 139 Å². The number of hydrogen-bond acceptors (Lipinski definition) is 0. The summed E-state index contributed by atoms with van der Waals surface area (Å²) < 4.78 is 4.81. The average Bonchev–Trinajstić information content (AvgIpc) is 3.86. The molecule has 63 heavy (non-hydrogen) atoms. The Kier molecular flexibility index (Phi) is 8.58. The normalized spacial score (nSPS) is 12.5. The molecular weight excluding hydrogens is 761 g/mol. The van der Waals surface area contributed by atoms with Gasteiger partial charge in [0, 0.05) is 32.9 Å². The summed E-state index contributed by atoms with van der Waals surface area (Å²) in [5.41, 5.74) is 13.9. The average molecular weight is 803 g/mol. The molecule has 0 saturated carbocycles. The van der Waals surface area contributed by atoms with Crippen LogP contribution in [0.1, 0.15) is 12.5 Å². The Hall–Kier alpha value is -8.20. The van der Waals surface area contributed by atoms with Crippen LogP contribution in [0.4, 0.5) is 0 Å². The fourth-order valence-corrected chi connectivity index (χ4v) is 10.1. The predicted octanol–water partition coefficient (Wildman–Crippen LogP) is 14.8. The monoisotopic (exact) mass is 802 g/mol. The zero-order valence-electron chi connectivity index (χ0n) is 35.0. The molecule has 12 aromatic rings. The number of fused-ring (bicyclic) bond motifs is 9. The molecule has 0 radical (unpaired) electrons. The fraction of sp³-hybridized carbons (Fsp3) is 0.0164. The van der Waals surface area contributed by atoms with E-state index < -0.39 is 0 Å². The molecule has 2 heterocycles. The molecule has 0 bridgehead atoms. The van der Waals surface area contributed by atoms with Crippen molar-refractivity contribution in [2.45, 2.75) is 6.92 Å². The van der Waals surface area contributed by atoms with E-state index in [1.165, 1.54) is 97.8 Å². The Morgan fingerprint density at radius 2 is 0.794 bits per heavy atom. The quantitative estimate of drug-likeness (QED) is 0.148. The van der Waals surface area contributed by atoms with Crippen LogP contribution in [0.3, 0.4) is 0 Å². The van der Waals surface area contributed by atoms with Crippen molar-refractivity contribution in [2.24, 2.45) is 0 Å². The molecule has 2 heteroatoms. The molecular formula is C61H42N2. The van der Waals surface area contributed by atoms with Gasteiger partial charge in [0.2, 0.25) is 0 Å². The molecule has 0 N–H and O–H groups in total. The van der Waals surface area contributed by atoms with Crippen molar-refractivity contribution < 1.29 is 0 Å². The van der Waals surface area contributed by atoms with Crippen LogP contribution in [-0.4, -0.2) is 9.13 Å². The van der Waals surface area contributed by atoms with Crippen molar-refractivity contribution in [1.82, 2.24) is 9.13 Å². The Morgan fingerprint density at radius 1 is 0.349 bits per heavy atom. The molecule has 0 aliphatic carbocycles. The summed E-state index contributed by atoms with van der Waals surface area (Å²) in [6.45, 7) is 6.80. The van der Waals surface area contributed by atoms with Crippen molar-refractivity contribution in [2.75, 3.05) is 0 Å². The second kappa shape index (κ2) is 14.8. The highest BCUT2D eigenvalue weighted by Crippen LogP contribution is 2.39. The Bertz CT molecular complexity index is 3940. The van der Waals surface area contributed by atoms with Crippen LogP contribution in [0.5, 0.6) is 0 Å². The van der Waals surface area contributed by atoms with Gasteiger partial charge in [0.1, 0.15) is 0 Å². The maximum atomic E-state index is 4.67. The zero-order chi connectivity index (χ0) is 42.0. The maximum absolute atomic E-state index is 4.67. The highest BCUT2D eigenvalue weighted by molar-refractivity contribution is 6.13. The lowest BCUT2D eigenvalue weighted by Crippen LogP contribution is -2.26. The largest absolute Gasteiger partial charge is 0.309 e. The van der Waals surface area contributed by atoms with Gasteiger partial charge in [-0.2, -0.15) is 0 Å². The number of nitrogens with zero attached hydrogens (tertiary/aromatic N) is 2. The summed E-state index contributed by atoms with van der Waals surface area (Å²) in [4.78, 5) is 0. The van der Waals surface area contributed by atoms with Crippen LogP contribution in [0.15, 0.2) is 219 Å². The minimum Gasteiger partial charge on any atom is -0.309 e. The third-order valence-corrected chi connectivity index (χ3v) is 13.0. The molecule has 0 aliphatic rings. The molecule has 0 atom stereocenters. The lowest BCUT2D eigenvalue weighted by atomic mass is 9.95. The molecule has 0 saturated heterocycles. The Balaban J connectivity index is 0.965. The standard InChI is InChI=1S/C61H42N2/c1-3-48-49-23-7-8-24-50(49)51-25-9-10-26-52(51)55(48)35-40(2)42-19-15-21-46(36-42)62-58-29-13-11-27-53(58)56-38-44(31-33-60(56)62)45-32-34-61-57(39-45)54-28-12-14-30-59(54)63(61)47-22-16-20-43(37-47)41-17-5-4-6-18-41/h3-39H,2H2,1H3/b48-3-,55-35+. The zero-order valence-corrected chi connectivity index (χ0v) is 35.0. The van der Waals surface area contributed by atoms with E-state index in [0.717, 1.165) is 22.5 Å². The van der Waals surface area contributed by atoms with Gasteiger partial charge >= 0.3 is 0 Å². The molecule has 2 aromatic heterocycles. The van der Waals surface area contributed by atoms with Crippen molar-refractivity contribution in [1.29, 1.82) is 0 Å². The second-order valence-corrected chi connectivity index (χ2v) is 16.5. The summed E-state index contributed by atoms with van der Waals surface area (Å²) >= 11 is 0. The van der Waals surface area contributed by atoms with Crippen LogP contribution in [0, 0.1) is 0 Å². The summed E-state index contributed by atoms with van der Waals surface area (Å²) in [5, 5.41) is 12.4. The van der Waals surface area contributed by atoms with Gasteiger partial charge in [-0.3, -0.25) is 0 Å². The van der Waals surface area contributed by atoms with Crippen molar-refractivity contribution in [3.63, 3.8) is 0 Å². The van der Waals surface area contributed by atoms with Crippen LogP contribution >= 0.6 is 0 Å². The third-order valence-electron chi connectivity index (χ3n) is 13.0. The highest BCUT2D eigenvalue weighted by atomic mass is 15.0. The number of benzene rings is 10. The van der Waals surface area contributed by atoms with E-state index in [4.69, 9.17) is 0 Å². The minimum absolute atomic E-state index is 0.976. The van der Waals surface area contributed by atoms with E-state index in [1.54, 1.807) is 0 Å². The minimum atomic E-state index is 0.976. The van der Waals surface area contributed by atoms with Crippen molar-refractivity contribution in [3.05, 3.63) is 235 Å². The first kappa shape index (κ1) is 36.6. The van der Waals surface area contributed by atoms with E-state index in [0.29, 0.717) is 0 Å². The first-order valence-electron chi connectivity index (χ1n) is 21.7. The predicted molar refractivity (Wildman–Crippen MR) is 270 cm³/mol. The van der Waals surface area contributed by atoms with Gasteiger partial charge in [-0.25, -0.2) is 0 Å². The molecule has 0 amide bonds. The smallest absolute Gasteiger partial charge is 0.0541 e. The molecule has 0 unspecified atom stereocenters. The van der Waals surface area contributed by atoms with E-state index in [9.17, 15) is 0 Å². The second-order valence-electron chi connectivity index (χ2n) is 16.5. The van der Waals surface area contributed by atoms with Crippen molar-refractivity contribution in [3.8, 4) is 33.6 Å². The van der Waals surface area contributed by atoms with Crippen LogP contribution in [-0.2, 0) is 0 Å². The number of aromatic nitrogens is 2. The van der Waals surface area contributed by atoms with Gasteiger partial charge in [0.15, 0.2) is 0 Å². The van der Waals surface area contributed by atoms with Gasteiger partial charge in [-0.15, -0.1) is 0 Å². The van der Waals surface area contributed by atoms with E-state index in [-0.39, 0.29) is 0 Å². The topological polar surface area (TPSA) is 9.86 Å². The summed E-state index contributed by atoms with van der Waals surface area (Å²) in [6, 6.07) is 77.3. The fourth-order valence-electron chi connectivity index (χ4n) is 10.1. The maximum Gasteiger partial charge on any atom is 0.0541 e. The van der Waals surface area contributed by atoms with Gasteiger partial charge in [0.05, 0.1) is 22.1 Å². The van der Waals surface area contributed by atoms with Gasteiger partial charge < -0.3 is 9.13 Å². The highest BCUT2D eigenvalue weighted by Gasteiger charge is 2.17. The lowest BCUT2D eigenvalue weighted by Gasteiger charge is -2.12. The summed E-state index contributed by atoms with van der Waals surface area (Å²) in [7, 11) is 0. The van der Waals surface area contributed by atoms with Crippen LogP contribution < -0.4 is 10.4 Å². The molecule has 10 aromatic carbocycles. The van der Waals surface area contributed by atoms with Gasteiger partial charge in [-0.1, -0.05) is 164 Å². The third kappa shape index (κ3) is 5.95. The van der Waals surface area contributed by atoms with E-state index in [2.05, 4.69) is 247 Å². The number of para-hydroxylation sites is 2. The lowest BCUT2D eigenvalue weighted by molar-refractivity contribution is 1.18.